The van der Waals surface area contributed by atoms with Crippen LogP contribution in [0.25, 0.3) is 0 Å². The van der Waals surface area contributed by atoms with Gasteiger partial charge >= 0.3 is 5.97 Å². The van der Waals surface area contributed by atoms with Crippen molar-refractivity contribution in [2.45, 2.75) is 11.8 Å². The number of Topliss-reactive ketones (excluding diaryl/α,β-unsaturated/α-hetero) is 1. The minimum absolute atomic E-state index is 0.0749. The molecule has 0 aliphatic heterocycles. The fraction of sp³-hybridized carbons (Fsp3) is 0.0870. The highest BCUT2D eigenvalue weighted by Crippen LogP contribution is 2.21. The number of carbonyl (C=O) groups excluding carboxylic acids is 3. The van der Waals surface area contributed by atoms with Crippen LogP contribution in [0.1, 0.15) is 27.6 Å². The summed E-state index contributed by atoms with van der Waals surface area (Å²) in [4.78, 5) is 36.2. The molecule has 2 N–H and O–H groups in total. The molecule has 10 heteroatoms. The van der Waals surface area contributed by atoms with Crippen LogP contribution in [0.3, 0.4) is 0 Å². The number of benzene rings is 3. The number of carbonyl (C=O) groups is 3. The van der Waals surface area contributed by atoms with Crippen molar-refractivity contribution in [1.29, 1.82) is 0 Å². The molecule has 3 aromatic rings. The van der Waals surface area contributed by atoms with Crippen molar-refractivity contribution < 1.29 is 31.9 Å². The summed E-state index contributed by atoms with van der Waals surface area (Å²) in [6.45, 7) is 0.694. The molecule has 0 atom stereocenters. The molecule has 3 aromatic carbocycles. The average Bonchev–Trinajstić information content (AvgIpc) is 2.78. The molecule has 0 spiro atoms. The Hall–Kier alpha value is -4.05. The molecule has 33 heavy (non-hydrogen) atoms. The number of esters is 1. The lowest BCUT2D eigenvalue weighted by atomic mass is 10.1. The zero-order chi connectivity index (χ0) is 24.0. The Kier molecular flexibility index (Phi) is 7.19. The second-order valence-electron chi connectivity index (χ2n) is 6.83. The van der Waals surface area contributed by atoms with Gasteiger partial charge in [0.2, 0.25) is 0 Å². The third kappa shape index (κ3) is 6.01. The van der Waals surface area contributed by atoms with Crippen LogP contribution in [-0.4, -0.2) is 32.7 Å². The molecule has 0 unspecified atom stereocenters. The van der Waals surface area contributed by atoms with Crippen LogP contribution in [0.4, 0.5) is 15.8 Å². The monoisotopic (exact) mass is 470 g/mol. The predicted octanol–water partition coefficient (Wildman–Crippen LogP) is 3.62. The van der Waals surface area contributed by atoms with E-state index in [1.54, 1.807) is 18.2 Å². The van der Waals surface area contributed by atoms with Crippen LogP contribution < -0.4 is 10.0 Å². The van der Waals surface area contributed by atoms with E-state index in [0.717, 1.165) is 24.3 Å². The molecule has 0 heterocycles. The molecular formula is C23H19FN2O6S. The zero-order valence-electron chi connectivity index (χ0n) is 17.4. The quantitative estimate of drug-likeness (QED) is 0.383. The summed E-state index contributed by atoms with van der Waals surface area (Å²) in [5.74, 6) is -2.46. The van der Waals surface area contributed by atoms with Gasteiger partial charge in [-0.25, -0.2) is 17.6 Å². The summed E-state index contributed by atoms with van der Waals surface area (Å²) in [5.41, 5.74) is 0.380. The van der Waals surface area contributed by atoms with Gasteiger partial charge in [-0.15, -0.1) is 0 Å². The van der Waals surface area contributed by atoms with Crippen molar-refractivity contribution in [3.05, 3.63) is 89.7 Å². The molecule has 3 rings (SSSR count). The van der Waals surface area contributed by atoms with Crippen LogP contribution in [0.2, 0.25) is 0 Å². The van der Waals surface area contributed by atoms with Crippen molar-refractivity contribution in [2.75, 3.05) is 16.6 Å². The Bertz CT molecular complexity index is 1310. The number of rotatable bonds is 8. The first-order chi connectivity index (χ1) is 15.7. The second-order valence-corrected chi connectivity index (χ2v) is 8.51. The van der Waals surface area contributed by atoms with Crippen molar-refractivity contribution in [2.24, 2.45) is 0 Å². The number of nitrogens with one attached hydrogen (secondary N) is 2. The first-order valence-corrected chi connectivity index (χ1v) is 11.1. The maximum atomic E-state index is 13.1. The molecule has 0 radical (unpaired) electrons. The highest BCUT2D eigenvalue weighted by molar-refractivity contribution is 7.92. The molecule has 0 saturated carbocycles. The fourth-order valence-corrected chi connectivity index (χ4v) is 3.94. The van der Waals surface area contributed by atoms with E-state index < -0.39 is 34.3 Å². The van der Waals surface area contributed by atoms with Gasteiger partial charge in [-0.1, -0.05) is 24.3 Å². The van der Waals surface area contributed by atoms with E-state index in [0.29, 0.717) is 5.56 Å². The van der Waals surface area contributed by atoms with Gasteiger partial charge in [0.05, 0.1) is 21.8 Å². The standard InChI is InChI=1S/C23H19FN2O6S/c1-15(27)18-6-2-4-8-20(18)25-22(28)14-32-23(29)19-7-3-5-9-21(19)26-33(30,31)17-12-10-16(24)11-13-17/h2-13,26H,14H2,1H3,(H,25,28). The summed E-state index contributed by atoms with van der Waals surface area (Å²) in [6.07, 6.45) is 0. The Morgan fingerprint density at radius 2 is 1.42 bits per heavy atom. The van der Waals surface area contributed by atoms with Gasteiger partial charge in [0.15, 0.2) is 12.4 Å². The van der Waals surface area contributed by atoms with Crippen molar-refractivity contribution in [3.63, 3.8) is 0 Å². The third-order valence-electron chi connectivity index (χ3n) is 4.43. The number of hydrogen-bond donors (Lipinski definition) is 2. The Morgan fingerprint density at radius 1 is 0.848 bits per heavy atom. The zero-order valence-corrected chi connectivity index (χ0v) is 18.2. The number of ketones is 1. The number of sulfonamides is 1. The maximum Gasteiger partial charge on any atom is 0.340 e. The largest absolute Gasteiger partial charge is 0.452 e. The lowest BCUT2D eigenvalue weighted by molar-refractivity contribution is -0.119. The SMILES string of the molecule is CC(=O)c1ccccc1NC(=O)COC(=O)c1ccccc1NS(=O)(=O)c1ccc(F)cc1. The number of hydrogen-bond acceptors (Lipinski definition) is 6. The van der Waals surface area contributed by atoms with E-state index in [-0.39, 0.29) is 27.6 Å². The third-order valence-corrected chi connectivity index (χ3v) is 5.81. The molecule has 0 saturated heterocycles. The predicted molar refractivity (Wildman–Crippen MR) is 119 cm³/mol. The highest BCUT2D eigenvalue weighted by atomic mass is 32.2. The van der Waals surface area contributed by atoms with E-state index in [9.17, 15) is 27.2 Å². The topological polar surface area (TPSA) is 119 Å². The minimum Gasteiger partial charge on any atom is -0.452 e. The number of halogens is 1. The number of para-hydroxylation sites is 2. The average molecular weight is 470 g/mol. The summed E-state index contributed by atoms with van der Waals surface area (Å²) in [5, 5.41) is 2.50. The summed E-state index contributed by atoms with van der Waals surface area (Å²) in [6, 6.07) is 16.2. The highest BCUT2D eigenvalue weighted by Gasteiger charge is 2.20. The van der Waals surface area contributed by atoms with Gasteiger partial charge in [0.1, 0.15) is 5.82 Å². The van der Waals surface area contributed by atoms with E-state index in [2.05, 4.69) is 10.0 Å². The molecule has 8 nitrogen and oxygen atoms in total. The van der Waals surface area contributed by atoms with E-state index in [1.807, 2.05) is 0 Å². The smallest absolute Gasteiger partial charge is 0.340 e. The Labute approximate surface area is 189 Å². The molecular weight excluding hydrogens is 451 g/mol. The number of ether oxygens (including phenoxy) is 1. The van der Waals surface area contributed by atoms with E-state index >= 15 is 0 Å². The van der Waals surface area contributed by atoms with Crippen LogP contribution >= 0.6 is 0 Å². The first-order valence-electron chi connectivity index (χ1n) is 9.62. The lowest BCUT2D eigenvalue weighted by Gasteiger charge is -2.13. The van der Waals surface area contributed by atoms with Crippen molar-refractivity contribution in [3.8, 4) is 0 Å². The second kappa shape index (κ2) is 10.0. The molecule has 0 aliphatic rings. The van der Waals surface area contributed by atoms with E-state index in [4.69, 9.17) is 4.74 Å². The van der Waals surface area contributed by atoms with Gasteiger partial charge in [0, 0.05) is 5.56 Å². The summed E-state index contributed by atoms with van der Waals surface area (Å²) < 4.78 is 45.5. The van der Waals surface area contributed by atoms with Gasteiger partial charge in [0.25, 0.3) is 15.9 Å². The van der Waals surface area contributed by atoms with Crippen molar-refractivity contribution >= 4 is 39.1 Å². The molecule has 1 amide bonds. The van der Waals surface area contributed by atoms with Crippen LogP contribution in [-0.2, 0) is 19.6 Å². The number of amides is 1. The van der Waals surface area contributed by atoms with Crippen LogP contribution in [0, 0.1) is 5.82 Å². The van der Waals surface area contributed by atoms with Gasteiger partial charge in [-0.3, -0.25) is 14.3 Å². The maximum absolute atomic E-state index is 13.1. The van der Waals surface area contributed by atoms with Gasteiger partial charge < -0.3 is 10.1 Å². The molecule has 170 valence electrons. The minimum atomic E-state index is -4.11. The van der Waals surface area contributed by atoms with E-state index in [1.165, 1.54) is 37.3 Å². The lowest BCUT2D eigenvalue weighted by Crippen LogP contribution is -2.23. The Morgan fingerprint density at radius 3 is 2.06 bits per heavy atom. The fourth-order valence-electron chi connectivity index (χ4n) is 2.86. The van der Waals surface area contributed by atoms with Crippen LogP contribution in [0.15, 0.2) is 77.7 Å². The number of anilines is 2. The van der Waals surface area contributed by atoms with Gasteiger partial charge in [-0.05, 0) is 55.5 Å². The molecule has 0 aliphatic carbocycles. The summed E-state index contributed by atoms with van der Waals surface area (Å²) in [7, 11) is -4.11. The molecule has 0 bridgehead atoms. The van der Waals surface area contributed by atoms with Crippen LogP contribution in [0.5, 0.6) is 0 Å². The van der Waals surface area contributed by atoms with Gasteiger partial charge in [-0.2, -0.15) is 0 Å². The summed E-state index contributed by atoms with van der Waals surface area (Å²) >= 11 is 0. The molecule has 0 fully saturated rings. The van der Waals surface area contributed by atoms with Crippen molar-refractivity contribution in [1.82, 2.24) is 0 Å². The molecule has 0 aromatic heterocycles. The Balaban J connectivity index is 1.70. The normalized spacial score (nSPS) is 10.8. The first kappa shape index (κ1) is 23.6.